The summed E-state index contributed by atoms with van der Waals surface area (Å²) in [4.78, 5) is 69.6. The van der Waals surface area contributed by atoms with E-state index in [0.717, 1.165) is 0 Å². The van der Waals surface area contributed by atoms with Gasteiger partial charge in [-0.05, 0) is 18.9 Å². The first kappa shape index (κ1) is 36.3. The number of hydrogen-bond donors (Lipinski definition) is 2. The van der Waals surface area contributed by atoms with Gasteiger partial charge in [0.25, 0.3) is 12.4 Å². The highest BCUT2D eigenvalue weighted by molar-refractivity contribution is 5.96. The van der Waals surface area contributed by atoms with E-state index in [1.54, 1.807) is 24.3 Å². The minimum absolute atomic E-state index is 0.0489. The van der Waals surface area contributed by atoms with Gasteiger partial charge in [0.2, 0.25) is 5.91 Å². The first-order valence-corrected chi connectivity index (χ1v) is 13.5. The zero-order chi connectivity index (χ0) is 31.0. The Balaban J connectivity index is 2.17. The fourth-order valence-electron chi connectivity index (χ4n) is 3.35. The second-order valence-electron chi connectivity index (χ2n) is 8.97. The summed E-state index contributed by atoms with van der Waals surface area (Å²) in [6, 6.07) is 6.63. The van der Waals surface area contributed by atoms with Gasteiger partial charge < -0.3 is 39.0 Å². The molecule has 0 spiro atoms. The van der Waals surface area contributed by atoms with Crippen LogP contribution in [0.2, 0.25) is 0 Å². The molecule has 0 saturated carbocycles. The van der Waals surface area contributed by atoms with Crippen LogP contribution < -0.4 is 5.32 Å². The van der Waals surface area contributed by atoms with E-state index in [2.05, 4.69) is 10.1 Å². The zero-order valence-corrected chi connectivity index (χ0v) is 23.9. The molecule has 0 radical (unpaired) electrons. The maximum atomic E-state index is 12.5. The highest BCUT2D eigenvalue weighted by atomic mass is 16.5. The Morgan fingerprint density at radius 1 is 0.833 bits per heavy atom. The molecule has 0 bridgehead atoms. The Hall–Kier alpha value is -3.72. The summed E-state index contributed by atoms with van der Waals surface area (Å²) in [5.41, 5.74) is 1.18. The lowest BCUT2D eigenvalue weighted by Gasteiger charge is -2.21. The number of carbonyl (C=O) groups is 6. The van der Waals surface area contributed by atoms with Gasteiger partial charge in [0.15, 0.2) is 18.2 Å². The number of ether oxygens (including phenoxy) is 5. The van der Waals surface area contributed by atoms with Crippen LogP contribution in [0.15, 0.2) is 24.3 Å². The largest absolute Gasteiger partial charge is 0.481 e. The average molecular weight is 597 g/mol. The maximum absolute atomic E-state index is 12.5. The molecule has 0 saturated heterocycles. The summed E-state index contributed by atoms with van der Waals surface area (Å²) < 4.78 is 25.5. The summed E-state index contributed by atoms with van der Waals surface area (Å²) in [6.07, 6.45) is 0.500. The number of aliphatic carboxylic acids is 1. The van der Waals surface area contributed by atoms with Crippen LogP contribution in [0, 0.1) is 0 Å². The number of nitrogens with zero attached hydrogens (tertiary/aromatic N) is 1. The number of rotatable bonds is 26. The van der Waals surface area contributed by atoms with Crippen molar-refractivity contribution in [2.75, 3.05) is 72.6 Å². The molecule has 2 N–H and O–H groups in total. The van der Waals surface area contributed by atoms with Gasteiger partial charge in [-0.15, -0.1) is 0 Å². The summed E-state index contributed by atoms with van der Waals surface area (Å²) in [5.74, 6) is -2.00. The number of carboxylic acid groups (broad SMARTS) is 1. The molecule has 1 rings (SSSR count). The average Bonchev–Trinajstić information content (AvgIpc) is 2.96. The van der Waals surface area contributed by atoms with Crippen LogP contribution in [-0.4, -0.2) is 118 Å². The van der Waals surface area contributed by atoms with Crippen LogP contribution >= 0.6 is 0 Å². The van der Waals surface area contributed by atoms with E-state index in [1.165, 1.54) is 11.8 Å². The molecule has 1 aromatic rings. The molecule has 234 valence electrons. The predicted molar refractivity (Wildman–Crippen MR) is 147 cm³/mol. The maximum Gasteiger partial charge on any atom is 0.305 e. The van der Waals surface area contributed by atoms with Crippen molar-refractivity contribution in [2.24, 2.45) is 0 Å². The van der Waals surface area contributed by atoms with Crippen LogP contribution in [0.4, 0.5) is 0 Å². The van der Waals surface area contributed by atoms with Gasteiger partial charge >= 0.3 is 5.97 Å². The molecule has 0 aliphatic carbocycles. The highest BCUT2D eigenvalue weighted by Gasteiger charge is 2.16. The van der Waals surface area contributed by atoms with E-state index in [-0.39, 0.29) is 76.3 Å². The van der Waals surface area contributed by atoms with E-state index in [0.29, 0.717) is 50.5 Å². The van der Waals surface area contributed by atoms with Gasteiger partial charge in [-0.25, -0.2) is 0 Å². The van der Waals surface area contributed by atoms with Crippen LogP contribution in [0.3, 0.4) is 0 Å². The number of carbonyl (C=O) groups excluding carboxylic acids is 5. The number of Topliss-reactive ketones (excluding diaryl/α,β-unsaturated/α-hetero) is 2. The van der Waals surface area contributed by atoms with Crippen molar-refractivity contribution in [3.05, 3.63) is 35.4 Å². The highest BCUT2D eigenvalue weighted by Crippen LogP contribution is 2.11. The van der Waals surface area contributed by atoms with Crippen LogP contribution in [0.25, 0.3) is 0 Å². The van der Waals surface area contributed by atoms with Crippen molar-refractivity contribution in [2.45, 2.75) is 32.7 Å². The third kappa shape index (κ3) is 18.6. The van der Waals surface area contributed by atoms with Gasteiger partial charge in [0.1, 0.15) is 13.2 Å². The Labute approximate surface area is 244 Å². The Kier molecular flexibility index (Phi) is 19.8. The normalized spacial score (nSPS) is 10.6. The fraction of sp³-hybridized carbons (Fsp3) is 0.571. The Morgan fingerprint density at radius 2 is 1.48 bits per heavy atom. The summed E-state index contributed by atoms with van der Waals surface area (Å²) in [7, 11) is 0. The molecule has 0 fully saturated rings. The third-order valence-electron chi connectivity index (χ3n) is 5.42. The van der Waals surface area contributed by atoms with Gasteiger partial charge in [-0.3, -0.25) is 28.8 Å². The fourth-order valence-corrected chi connectivity index (χ4v) is 3.35. The summed E-state index contributed by atoms with van der Waals surface area (Å²) in [5, 5.41) is 11.6. The molecular weight excluding hydrogens is 556 g/mol. The number of ketones is 2. The monoisotopic (exact) mass is 596 g/mol. The van der Waals surface area contributed by atoms with Crippen molar-refractivity contribution < 1.29 is 57.6 Å². The zero-order valence-electron chi connectivity index (χ0n) is 23.9. The van der Waals surface area contributed by atoms with Crippen molar-refractivity contribution in [3.8, 4) is 0 Å². The van der Waals surface area contributed by atoms with Crippen molar-refractivity contribution in [1.82, 2.24) is 10.2 Å². The molecule has 0 aliphatic rings. The Bertz CT molecular complexity index is 984. The molecule has 14 heteroatoms. The topological polar surface area (TPSA) is 184 Å². The van der Waals surface area contributed by atoms with E-state index in [9.17, 15) is 28.8 Å². The first-order chi connectivity index (χ1) is 20.2. The number of amides is 2. The minimum Gasteiger partial charge on any atom is -0.481 e. The van der Waals surface area contributed by atoms with Crippen LogP contribution in [0.5, 0.6) is 0 Å². The summed E-state index contributed by atoms with van der Waals surface area (Å²) >= 11 is 0. The molecule has 0 aromatic heterocycles. The lowest BCUT2D eigenvalue weighted by molar-refractivity contribution is -0.145. The second-order valence-corrected chi connectivity index (χ2v) is 8.97. The quantitative estimate of drug-likeness (QED) is 0.0854. The van der Waals surface area contributed by atoms with E-state index < -0.39 is 18.5 Å². The van der Waals surface area contributed by atoms with Crippen molar-refractivity contribution in [3.63, 3.8) is 0 Å². The molecule has 0 aliphatic heterocycles. The van der Waals surface area contributed by atoms with Gasteiger partial charge in [0.05, 0.1) is 39.5 Å². The molecule has 42 heavy (non-hydrogen) atoms. The molecule has 0 heterocycles. The molecule has 0 unspecified atom stereocenters. The van der Waals surface area contributed by atoms with Crippen molar-refractivity contribution in [1.29, 1.82) is 0 Å². The number of hydrogen-bond acceptors (Lipinski definition) is 11. The Morgan fingerprint density at radius 3 is 2.12 bits per heavy atom. The van der Waals surface area contributed by atoms with Gasteiger partial charge in [-0.2, -0.15) is 0 Å². The van der Waals surface area contributed by atoms with Gasteiger partial charge in [-0.1, -0.05) is 24.3 Å². The number of carboxylic acids is 1. The molecule has 0 atom stereocenters. The SMILES string of the molecule is CC(=O)COCCOCCNC(=O)COCCOCCCC(=O)c1ccc(CN(CCC(=O)O)C(=O)COC=O)cc1. The lowest BCUT2D eigenvalue weighted by Crippen LogP contribution is -2.35. The first-order valence-electron chi connectivity index (χ1n) is 13.5. The smallest absolute Gasteiger partial charge is 0.305 e. The van der Waals surface area contributed by atoms with Crippen LogP contribution in [0.1, 0.15) is 42.1 Å². The second kappa shape index (κ2) is 22.9. The molecule has 14 nitrogen and oxygen atoms in total. The van der Waals surface area contributed by atoms with Crippen LogP contribution in [-0.2, 0) is 54.2 Å². The minimum atomic E-state index is -1.06. The van der Waals surface area contributed by atoms with E-state index in [1.807, 2.05) is 0 Å². The standard InChI is InChI=1S/C28H40N2O12/c1-22(32)18-40-15-14-39-12-9-29-26(34)19-41-16-13-38-11-2-3-25(33)24-6-4-23(5-7-24)17-30(10-8-28(36)37)27(35)20-42-21-31/h4-7,21H,2-3,8-20H2,1H3,(H,29,34)(H,36,37). The van der Waals surface area contributed by atoms with E-state index >= 15 is 0 Å². The molecular formula is C28H40N2O12. The van der Waals surface area contributed by atoms with E-state index in [4.69, 9.17) is 24.1 Å². The molecule has 2 amide bonds. The van der Waals surface area contributed by atoms with Gasteiger partial charge in [0, 0.05) is 38.2 Å². The number of benzene rings is 1. The summed E-state index contributed by atoms with van der Waals surface area (Å²) in [6.45, 7) is 3.22. The van der Waals surface area contributed by atoms with Crippen molar-refractivity contribution >= 4 is 35.8 Å². The number of nitrogens with one attached hydrogen (secondary N) is 1. The molecule has 1 aromatic carbocycles. The third-order valence-corrected chi connectivity index (χ3v) is 5.42. The predicted octanol–water partition coefficient (Wildman–Crippen LogP) is 0.397. The lowest BCUT2D eigenvalue weighted by atomic mass is 10.0.